The summed E-state index contributed by atoms with van der Waals surface area (Å²) in [7, 11) is 4.17. The maximum Gasteiger partial charge on any atom is 0.0598 e. The fourth-order valence-corrected chi connectivity index (χ4v) is 3.46. The third kappa shape index (κ3) is 6.19. The van der Waals surface area contributed by atoms with Gasteiger partial charge in [0.1, 0.15) is 0 Å². The Balaban J connectivity index is 1.83. The standard InChI is InChI=1S/C19H36N4O/c1-19(2,3)24-14-15-6-8-16(9-7-15)18-17(12-21-22-18)13-23(5)11-10-20-4/h12,15-16,20H,6-11,13-14H2,1-5H3,(H,21,22). The summed E-state index contributed by atoms with van der Waals surface area (Å²) in [5, 5.41) is 10.8. The molecule has 0 amide bonds. The fourth-order valence-electron chi connectivity index (χ4n) is 3.46. The molecule has 0 aliphatic heterocycles. The predicted octanol–water partition coefficient (Wildman–Crippen LogP) is 3.15. The summed E-state index contributed by atoms with van der Waals surface area (Å²) in [5.74, 6) is 1.34. The lowest BCUT2D eigenvalue weighted by Gasteiger charge is -2.31. The molecule has 5 nitrogen and oxygen atoms in total. The van der Waals surface area contributed by atoms with Crippen LogP contribution < -0.4 is 5.32 Å². The van der Waals surface area contributed by atoms with Gasteiger partial charge in [0.15, 0.2) is 0 Å². The molecule has 138 valence electrons. The van der Waals surface area contributed by atoms with Crippen LogP contribution >= 0.6 is 0 Å². The van der Waals surface area contributed by atoms with E-state index >= 15 is 0 Å². The highest BCUT2D eigenvalue weighted by atomic mass is 16.5. The predicted molar refractivity (Wildman–Crippen MR) is 99.3 cm³/mol. The highest BCUT2D eigenvalue weighted by Crippen LogP contribution is 2.36. The number of nitrogens with one attached hydrogen (secondary N) is 2. The molecule has 1 heterocycles. The van der Waals surface area contributed by atoms with Crippen molar-refractivity contribution in [3.8, 4) is 0 Å². The molecule has 5 heteroatoms. The average molecular weight is 337 g/mol. The Kier molecular flexibility index (Phi) is 7.26. The summed E-state index contributed by atoms with van der Waals surface area (Å²) in [6.45, 7) is 10.4. The molecule has 1 aromatic heterocycles. The summed E-state index contributed by atoms with van der Waals surface area (Å²) in [6.07, 6.45) is 7.02. The van der Waals surface area contributed by atoms with Gasteiger partial charge in [-0.15, -0.1) is 0 Å². The Morgan fingerprint density at radius 2 is 2.00 bits per heavy atom. The summed E-state index contributed by atoms with van der Waals surface area (Å²) < 4.78 is 5.98. The molecule has 2 N–H and O–H groups in total. The van der Waals surface area contributed by atoms with E-state index in [2.05, 4.69) is 48.2 Å². The molecule has 0 unspecified atom stereocenters. The lowest BCUT2D eigenvalue weighted by atomic mass is 9.80. The van der Waals surface area contributed by atoms with Crippen LogP contribution in [0.25, 0.3) is 0 Å². The molecule has 1 aliphatic carbocycles. The molecule has 0 saturated heterocycles. The number of hydrogen-bond donors (Lipinski definition) is 2. The van der Waals surface area contributed by atoms with E-state index in [0.717, 1.165) is 26.2 Å². The average Bonchev–Trinajstić information content (AvgIpc) is 2.99. The van der Waals surface area contributed by atoms with Crippen LogP contribution in [-0.4, -0.2) is 54.5 Å². The molecule has 0 aromatic carbocycles. The zero-order valence-corrected chi connectivity index (χ0v) is 16.2. The Morgan fingerprint density at radius 1 is 1.29 bits per heavy atom. The minimum absolute atomic E-state index is 0.0225. The zero-order valence-electron chi connectivity index (χ0n) is 16.2. The number of nitrogens with zero attached hydrogens (tertiary/aromatic N) is 2. The van der Waals surface area contributed by atoms with Crippen LogP contribution in [0, 0.1) is 5.92 Å². The molecule has 1 aliphatic rings. The zero-order chi connectivity index (χ0) is 17.6. The highest BCUT2D eigenvalue weighted by Gasteiger charge is 2.26. The Bertz CT molecular complexity index is 472. The fraction of sp³-hybridized carbons (Fsp3) is 0.842. The Labute approximate surface area is 147 Å². The van der Waals surface area contributed by atoms with Crippen LogP contribution in [0.2, 0.25) is 0 Å². The van der Waals surface area contributed by atoms with Gasteiger partial charge in [0.2, 0.25) is 0 Å². The first-order chi connectivity index (χ1) is 11.4. The first kappa shape index (κ1) is 19.4. The lowest BCUT2D eigenvalue weighted by Crippen LogP contribution is -2.28. The van der Waals surface area contributed by atoms with Gasteiger partial charge >= 0.3 is 0 Å². The number of H-pyrrole nitrogens is 1. The molecule has 1 fully saturated rings. The lowest BCUT2D eigenvalue weighted by molar-refractivity contribution is -0.0286. The normalized spacial score (nSPS) is 22.2. The molecule has 1 saturated carbocycles. The van der Waals surface area contributed by atoms with E-state index in [9.17, 15) is 0 Å². The van der Waals surface area contributed by atoms with Crippen LogP contribution in [0.3, 0.4) is 0 Å². The summed E-state index contributed by atoms with van der Waals surface area (Å²) in [6, 6.07) is 0. The second-order valence-electron chi connectivity index (χ2n) is 8.29. The van der Waals surface area contributed by atoms with Crippen LogP contribution in [0.1, 0.15) is 63.6 Å². The molecule has 2 rings (SSSR count). The Hall–Kier alpha value is -0.910. The first-order valence-corrected chi connectivity index (χ1v) is 9.38. The van der Waals surface area contributed by atoms with Crippen LogP contribution in [0.5, 0.6) is 0 Å². The molecule has 1 aromatic rings. The third-order valence-electron chi connectivity index (χ3n) is 4.94. The van der Waals surface area contributed by atoms with E-state index in [1.807, 2.05) is 13.2 Å². The first-order valence-electron chi connectivity index (χ1n) is 9.38. The third-order valence-corrected chi connectivity index (χ3v) is 4.94. The van der Waals surface area contributed by atoms with Gasteiger partial charge in [0, 0.05) is 36.8 Å². The topological polar surface area (TPSA) is 53.2 Å². The van der Waals surface area contributed by atoms with E-state index in [4.69, 9.17) is 4.74 Å². The molecular weight excluding hydrogens is 300 g/mol. The molecule has 0 bridgehead atoms. The molecule has 0 radical (unpaired) electrons. The van der Waals surface area contributed by atoms with Crippen molar-refractivity contribution in [2.24, 2.45) is 5.92 Å². The minimum Gasteiger partial charge on any atom is -0.376 e. The monoisotopic (exact) mass is 336 g/mol. The van der Waals surface area contributed by atoms with Gasteiger partial charge in [0.25, 0.3) is 0 Å². The summed E-state index contributed by atoms with van der Waals surface area (Å²) >= 11 is 0. The van der Waals surface area contributed by atoms with Crippen LogP contribution in [0.15, 0.2) is 6.20 Å². The molecule has 0 atom stereocenters. The second-order valence-corrected chi connectivity index (χ2v) is 8.29. The summed E-state index contributed by atoms with van der Waals surface area (Å²) in [5.41, 5.74) is 2.70. The summed E-state index contributed by atoms with van der Waals surface area (Å²) in [4.78, 5) is 2.35. The van der Waals surface area contributed by atoms with Gasteiger partial charge in [-0.05, 0) is 66.5 Å². The largest absolute Gasteiger partial charge is 0.376 e. The maximum absolute atomic E-state index is 5.98. The van der Waals surface area contributed by atoms with E-state index in [-0.39, 0.29) is 5.60 Å². The quantitative estimate of drug-likeness (QED) is 0.766. The van der Waals surface area contributed by atoms with Crippen molar-refractivity contribution in [1.82, 2.24) is 20.4 Å². The van der Waals surface area contributed by atoms with E-state index in [0.29, 0.717) is 11.8 Å². The molecule has 24 heavy (non-hydrogen) atoms. The van der Waals surface area contributed by atoms with Gasteiger partial charge < -0.3 is 15.0 Å². The van der Waals surface area contributed by atoms with Crippen molar-refractivity contribution >= 4 is 0 Å². The number of hydrogen-bond acceptors (Lipinski definition) is 4. The van der Waals surface area contributed by atoms with Crippen molar-refractivity contribution < 1.29 is 4.74 Å². The van der Waals surface area contributed by atoms with E-state index in [1.165, 1.54) is 36.9 Å². The van der Waals surface area contributed by atoms with Crippen molar-refractivity contribution in [2.75, 3.05) is 33.8 Å². The van der Waals surface area contributed by atoms with Crippen molar-refractivity contribution in [3.05, 3.63) is 17.5 Å². The second kappa shape index (κ2) is 8.97. The van der Waals surface area contributed by atoms with Crippen LogP contribution in [-0.2, 0) is 11.3 Å². The van der Waals surface area contributed by atoms with Crippen molar-refractivity contribution in [3.63, 3.8) is 0 Å². The van der Waals surface area contributed by atoms with Gasteiger partial charge in [0.05, 0.1) is 18.4 Å². The van der Waals surface area contributed by atoms with Crippen molar-refractivity contribution in [1.29, 1.82) is 0 Å². The van der Waals surface area contributed by atoms with Crippen molar-refractivity contribution in [2.45, 2.75) is 64.5 Å². The molecule has 0 spiro atoms. The number of rotatable bonds is 8. The van der Waals surface area contributed by atoms with E-state index in [1.54, 1.807) is 0 Å². The number of ether oxygens (including phenoxy) is 1. The number of aromatic amines is 1. The van der Waals surface area contributed by atoms with Gasteiger partial charge in [-0.2, -0.15) is 5.10 Å². The Morgan fingerprint density at radius 3 is 2.62 bits per heavy atom. The van der Waals surface area contributed by atoms with Gasteiger partial charge in [-0.3, -0.25) is 5.10 Å². The SMILES string of the molecule is CNCCN(C)Cc1cn[nH]c1C1CCC(COC(C)(C)C)CC1. The highest BCUT2D eigenvalue weighted by molar-refractivity contribution is 5.21. The number of likely N-dealkylation sites (N-methyl/N-ethyl adjacent to an activating group) is 2. The maximum atomic E-state index is 5.98. The van der Waals surface area contributed by atoms with E-state index < -0.39 is 0 Å². The smallest absolute Gasteiger partial charge is 0.0598 e. The van der Waals surface area contributed by atoms with Gasteiger partial charge in [-0.25, -0.2) is 0 Å². The minimum atomic E-state index is -0.0225. The molecular formula is C19H36N4O. The van der Waals surface area contributed by atoms with Crippen LogP contribution in [0.4, 0.5) is 0 Å². The number of aromatic nitrogens is 2. The van der Waals surface area contributed by atoms with Gasteiger partial charge in [-0.1, -0.05) is 0 Å².